The van der Waals surface area contributed by atoms with E-state index in [9.17, 15) is 5.26 Å². The molecule has 0 radical (unpaired) electrons. The van der Waals surface area contributed by atoms with Crippen molar-refractivity contribution in [3.63, 3.8) is 0 Å². The van der Waals surface area contributed by atoms with Crippen LogP contribution < -0.4 is 4.90 Å². The summed E-state index contributed by atoms with van der Waals surface area (Å²) in [5, 5.41) is 26.7. The number of aromatic nitrogens is 5. The molecule has 0 aliphatic carbocycles. The van der Waals surface area contributed by atoms with Crippen LogP contribution in [-0.2, 0) is 11.8 Å². The van der Waals surface area contributed by atoms with Gasteiger partial charge in [-0.25, -0.2) is 9.50 Å². The molecule has 4 aromatic rings. The number of nitrogens with zero attached hydrogens (tertiary/aromatic N) is 8. The van der Waals surface area contributed by atoms with Crippen molar-refractivity contribution in [1.82, 2.24) is 29.3 Å². The Morgan fingerprint density at radius 2 is 1.79 bits per heavy atom. The fourth-order valence-electron chi connectivity index (χ4n) is 5.67. The summed E-state index contributed by atoms with van der Waals surface area (Å²) in [5.74, 6) is 0.960. The number of piperidine rings is 1. The van der Waals surface area contributed by atoms with Gasteiger partial charge in [0.2, 0.25) is 0 Å². The minimum Gasteiger partial charge on any atom is -0.460 e. The van der Waals surface area contributed by atoms with Crippen LogP contribution in [0.25, 0.3) is 27.8 Å². The first-order valence-corrected chi connectivity index (χ1v) is 13.3. The van der Waals surface area contributed by atoms with Crippen molar-refractivity contribution in [1.29, 1.82) is 10.7 Å². The molecule has 0 bridgehead atoms. The molecule has 2 aliphatic rings. The van der Waals surface area contributed by atoms with Crippen molar-refractivity contribution in [2.24, 2.45) is 12.5 Å². The molecule has 200 valence electrons. The van der Waals surface area contributed by atoms with Crippen LogP contribution in [0.3, 0.4) is 0 Å². The number of amidine groups is 1. The number of likely N-dealkylation sites (tertiary alicyclic amines) is 1. The van der Waals surface area contributed by atoms with Crippen LogP contribution in [0, 0.1) is 22.2 Å². The molecule has 0 saturated carbocycles. The summed E-state index contributed by atoms with van der Waals surface area (Å²) >= 11 is 0. The molecule has 2 fully saturated rings. The molecular formula is C29H33N9O. The molecular weight excluding hydrogens is 490 g/mol. The molecule has 6 heterocycles. The van der Waals surface area contributed by atoms with Gasteiger partial charge < -0.3 is 14.5 Å². The number of anilines is 1. The lowest BCUT2D eigenvalue weighted by atomic mass is 9.72. The Balaban J connectivity index is 1.18. The maximum atomic E-state index is 9.70. The van der Waals surface area contributed by atoms with Crippen molar-refractivity contribution in [3.05, 3.63) is 54.7 Å². The minimum atomic E-state index is -0.346. The summed E-state index contributed by atoms with van der Waals surface area (Å²) in [5.41, 5.74) is 5.02. The highest BCUT2D eigenvalue weighted by Gasteiger charge is 2.46. The summed E-state index contributed by atoms with van der Waals surface area (Å²) in [4.78, 5) is 9.22. The number of fused-ring (bicyclic) bond motifs is 1. The first kappa shape index (κ1) is 24.9. The van der Waals surface area contributed by atoms with Gasteiger partial charge >= 0.3 is 0 Å². The lowest BCUT2D eigenvalue weighted by Gasteiger charge is -2.54. The lowest BCUT2D eigenvalue weighted by Crippen LogP contribution is -2.62. The number of nitrogens with one attached hydrogen (secondary N) is 1. The van der Waals surface area contributed by atoms with E-state index in [1.807, 2.05) is 57.5 Å². The van der Waals surface area contributed by atoms with Crippen LogP contribution in [0.15, 0.2) is 49.2 Å². The van der Waals surface area contributed by atoms with Gasteiger partial charge in [-0.2, -0.15) is 15.5 Å². The van der Waals surface area contributed by atoms with Crippen LogP contribution in [0.4, 0.5) is 5.82 Å². The highest BCUT2D eigenvalue weighted by atomic mass is 16.5. The Labute approximate surface area is 227 Å². The largest absolute Gasteiger partial charge is 0.460 e. The Morgan fingerprint density at radius 3 is 2.41 bits per heavy atom. The standard InChI is InChI=1S/C29H33N9O/c1-28(2,3)39-27(31)37-18-29(19-37)7-9-36(10-8-29)25-6-5-20(13-32-25)24-11-21(23-15-33-35(4)16-23)17-38-26(24)22(12-30)14-34-38/h5-6,11,13-17,31H,7-10,18-19H2,1-4H3. The van der Waals surface area contributed by atoms with E-state index < -0.39 is 0 Å². The number of hydrogen-bond acceptors (Lipinski definition) is 7. The molecule has 10 heteroatoms. The van der Waals surface area contributed by atoms with E-state index in [1.165, 1.54) is 0 Å². The van der Waals surface area contributed by atoms with E-state index in [0.29, 0.717) is 5.56 Å². The Hall–Kier alpha value is -4.39. The third-order valence-corrected chi connectivity index (χ3v) is 7.72. The van der Waals surface area contributed by atoms with Crippen LogP contribution >= 0.6 is 0 Å². The summed E-state index contributed by atoms with van der Waals surface area (Å²) < 4.78 is 9.28. The van der Waals surface area contributed by atoms with E-state index in [2.05, 4.69) is 39.4 Å². The second-order valence-corrected chi connectivity index (χ2v) is 11.8. The van der Waals surface area contributed by atoms with E-state index in [0.717, 1.165) is 72.6 Å². The molecule has 2 saturated heterocycles. The molecule has 1 N–H and O–H groups in total. The first-order chi connectivity index (χ1) is 18.6. The fourth-order valence-corrected chi connectivity index (χ4v) is 5.67. The monoisotopic (exact) mass is 523 g/mol. The highest BCUT2D eigenvalue weighted by Crippen LogP contribution is 2.42. The van der Waals surface area contributed by atoms with Crippen LogP contribution in [0.2, 0.25) is 0 Å². The molecule has 0 aromatic carbocycles. The molecule has 2 aliphatic heterocycles. The van der Waals surface area contributed by atoms with E-state index in [-0.39, 0.29) is 17.0 Å². The van der Waals surface area contributed by atoms with Crippen molar-refractivity contribution in [2.75, 3.05) is 31.1 Å². The lowest BCUT2D eigenvalue weighted by molar-refractivity contribution is -0.00841. The van der Waals surface area contributed by atoms with Crippen LogP contribution in [0.5, 0.6) is 0 Å². The minimum absolute atomic E-state index is 0.262. The van der Waals surface area contributed by atoms with Crippen LogP contribution in [-0.4, -0.2) is 67.1 Å². The average Bonchev–Trinajstić information content (AvgIpc) is 3.52. The van der Waals surface area contributed by atoms with Crippen molar-refractivity contribution < 1.29 is 4.74 Å². The zero-order chi connectivity index (χ0) is 27.4. The van der Waals surface area contributed by atoms with E-state index >= 15 is 0 Å². The summed E-state index contributed by atoms with van der Waals surface area (Å²) in [7, 11) is 1.89. The van der Waals surface area contributed by atoms with Gasteiger partial charge in [0.1, 0.15) is 17.5 Å². The summed E-state index contributed by atoms with van der Waals surface area (Å²) in [6, 6.07) is 8.80. The van der Waals surface area contributed by atoms with Crippen molar-refractivity contribution in [2.45, 2.75) is 39.2 Å². The molecule has 0 amide bonds. The van der Waals surface area contributed by atoms with E-state index in [4.69, 9.17) is 15.1 Å². The summed E-state index contributed by atoms with van der Waals surface area (Å²) in [6.07, 6.45) is 11.4. The van der Waals surface area contributed by atoms with Crippen LogP contribution in [0.1, 0.15) is 39.2 Å². The average molecular weight is 524 g/mol. The Bertz CT molecular complexity index is 1570. The van der Waals surface area contributed by atoms with Gasteiger partial charge in [0.05, 0.1) is 23.5 Å². The SMILES string of the molecule is Cn1cc(-c2cc(-c3ccc(N4CCC5(CC4)CN(C(=N)OC(C)(C)C)C5)nc3)c3c(C#N)cnn3c2)cn1. The van der Waals surface area contributed by atoms with Crippen molar-refractivity contribution in [3.8, 4) is 28.3 Å². The number of aryl methyl sites for hydroxylation is 1. The van der Waals surface area contributed by atoms with Gasteiger partial charge in [0.25, 0.3) is 6.02 Å². The maximum absolute atomic E-state index is 9.70. The summed E-state index contributed by atoms with van der Waals surface area (Å²) in [6.45, 7) is 9.59. The Morgan fingerprint density at radius 1 is 1.03 bits per heavy atom. The topological polar surface area (TPSA) is 111 Å². The van der Waals surface area contributed by atoms with Gasteiger partial charge in [0.15, 0.2) is 0 Å². The van der Waals surface area contributed by atoms with Gasteiger partial charge in [-0.3, -0.25) is 10.1 Å². The quantitative estimate of drug-likeness (QED) is 0.314. The normalized spacial score (nSPS) is 16.8. The second-order valence-electron chi connectivity index (χ2n) is 11.8. The molecule has 39 heavy (non-hydrogen) atoms. The maximum Gasteiger partial charge on any atom is 0.284 e. The molecule has 4 aromatic heterocycles. The number of hydrogen-bond donors (Lipinski definition) is 1. The molecule has 6 rings (SSSR count). The van der Waals surface area contributed by atoms with Gasteiger partial charge in [0, 0.05) is 79.5 Å². The zero-order valence-electron chi connectivity index (χ0n) is 22.8. The smallest absolute Gasteiger partial charge is 0.284 e. The zero-order valence-corrected chi connectivity index (χ0v) is 22.8. The number of pyridine rings is 2. The number of nitriles is 1. The third-order valence-electron chi connectivity index (χ3n) is 7.72. The fraction of sp³-hybridized carbons (Fsp3) is 0.414. The van der Waals surface area contributed by atoms with Crippen molar-refractivity contribution >= 4 is 17.4 Å². The number of rotatable bonds is 3. The second kappa shape index (κ2) is 9.12. The highest BCUT2D eigenvalue weighted by molar-refractivity contribution is 5.87. The predicted molar refractivity (Wildman–Crippen MR) is 149 cm³/mol. The van der Waals surface area contributed by atoms with E-state index in [1.54, 1.807) is 15.4 Å². The Kier molecular flexibility index (Phi) is 5.83. The van der Waals surface area contributed by atoms with Gasteiger partial charge in [-0.15, -0.1) is 0 Å². The first-order valence-electron chi connectivity index (χ1n) is 13.3. The third kappa shape index (κ3) is 4.69. The molecule has 0 unspecified atom stereocenters. The van der Waals surface area contributed by atoms with Gasteiger partial charge in [-0.05, 0) is 51.8 Å². The molecule has 0 atom stereocenters. The van der Waals surface area contributed by atoms with Gasteiger partial charge in [-0.1, -0.05) is 0 Å². The number of ether oxygens (including phenoxy) is 1. The molecule has 10 nitrogen and oxygen atoms in total. The molecule has 1 spiro atoms. The predicted octanol–water partition coefficient (Wildman–Crippen LogP) is 4.32.